The molecule has 0 atom stereocenters. The maximum Gasteiger partial charge on any atom is 0.271 e. The molecule has 0 spiro atoms. The van der Waals surface area contributed by atoms with Gasteiger partial charge in [-0.3, -0.25) is 14.9 Å². The molecule has 0 fully saturated rings. The molecule has 126 valence electrons. The molecule has 0 saturated heterocycles. The Kier molecular flexibility index (Phi) is 6.84. The van der Waals surface area contributed by atoms with Crippen LogP contribution >= 0.6 is 11.6 Å². The molecule has 0 aliphatic carbocycles. The minimum absolute atomic E-state index is 0. The molecule has 0 radical (unpaired) electrons. The maximum absolute atomic E-state index is 11.9. The number of carbonyl (C=O) groups is 1. The molecule has 2 aromatic carbocycles. The molecule has 0 aliphatic heterocycles. The van der Waals surface area contributed by atoms with E-state index < -0.39 is 10.8 Å². The van der Waals surface area contributed by atoms with Crippen molar-refractivity contribution in [2.45, 2.75) is 0 Å². The van der Waals surface area contributed by atoms with Crippen LogP contribution in [0.15, 0.2) is 47.6 Å². The van der Waals surface area contributed by atoms with Gasteiger partial charge in [0, 0.05) is 28.3 Å². The highest BCUT2D eigenvalue weighted by molar-refractivity contribution is 6.33. The molecular weight excluding hydrogens is 338 g/mol. The summed E-state index contributed by atoms with van der Waals surface area (Å²) in [4.78, 5) is 22.1. The number of nitrogens with zero attached hydrogens (tertiary/aromatic N) is 2. The molecule has 9 heteroatoms. The van der Waals surface area contributed by atoms with E-state index in [0.717, 1.165) is 0 Å². The third-order valence-electron chi connectivity index (χ3n) is 2.89. The third-order valence-corrected chi connectivity index (χ3v) is 3.24. The standard InChI is InChI=1S/C15H12ClN3O4.H2O/c1-23-13-4-2-3-10(8-13)15(20)18-17-9-11-7-12(19(21)22)5-6-14(11)16;/h2-9H,1H3,(H,18,20);1H2/b17-9+;. The lowest BCUT2D eigenvalue weighted by Crippen LogP contribution is -2.17. The molecule has 0 aliphatic rings. The van der Waals surface area contributed by atoms with Gasteiger partial charge in [0.05, 0.1) is 18.2 Å². The van der Waals surface area contributed by atoms with Crippen molar-refractivity contribution in [1.29, 1.82) is 0 Å². The van der Waals surface area contributed by atoms with E-state index in [-0.39, 0.29) is 16.2 Å². The summed E-state index contributed by atoms with van der Waals surface area (Å²) in [7, 11) is 1.50. The number of nitro benzene ring substituents is 1. The highest BCUT2D eigenvalue weighted by atomic mass is 35.5. The van der Waals surface area contributed by atoms with Crippen LogP contribution in [0.4, 0.5) is 5.69 Å². The average Bonchev–Trinajstić information content (AvgIpc) is 2.56. The largest absolute Gasteiger partial charge is 0.497 e. The lowest BCUT2D eigenvalue weighted by Gasteiger charge is -2.03. The smallest absolute Gasteiger partial charge is 0.271 e. The summed E-state index contributed by atoms with van der Waals surface area (Å²) in [6.07, 6.45) is 1.24. The molecule has 24 heavy (non-hydrogen) atoms. The van der Waals surface area contributed by atoms with E-state index in [9.17, 15) is 14.9 Å². The van der Waals surface area contributed by atoms with Gasteiger partial charge in [0.15, 0.2) is 0 Å². The molecule has 1 amide bonds. The first-order valence-corrected chi connectivity index (χ1v) is 6.80. The van der Waals surface area contributed by atoms with Crippen molar-refractivity contribution in [1.82, 2.24) is 5.43 Å². The van der Waals surface area contributed by atoms with E-state index in [0.29, 0.717) is 16.9 Å². The third kappa shape index (κ3) is 4.77. The van der Waals surface area contributed by atoms with Crippen molar-refractivity contribution in [3.05, 3.63) is 68.7 Å². The topological polar surface area (TPSA) is 125 Å². The number of amides is 1. The number of benzene rings is 2. The predicted octanol–water partition coefficient (Wildman–Crippen LogP) is 2.20. The van der Waals surface area contributed by atoms with Crippen LogP contribution < -0.4 is 10.2 Å². The van der Waals surface area contributed by atoms with E-state index in [1.54, 1.807) is 24.3 Å². The van der Waals surface area contributed by atoms with Gasteiger partial charge < -0.3 is 10.2 Å². The number of ether oxygens (including phenoxy) is 1. The zero-order valence-electron chi connectivity index (χ0n) is 12.5. The van der Waals surface area contributed by atoms with Gasteiger partial charge in [-0.1, -0.05) is 17.7 Å². The number of halogens is 1. The van der Waals surface area contributed by atoms with Gasteiger partial charge in [-0.05, 0) is 24.3 Å². The van der Waals surface area contributed by atoms with Gasteiger partial charge in [0.1, 0.15) is 5.75 Å². The fourth-order valence-electron chi connectivity index (χ4n) is 1.73. The summed E-state index contributed by atoms with van der Waals surface area (Å²) in [6, 6.07) is 10.5. The Morgan fingerprint density at radius 1 is 1.33 bits per heavy atom. The summed E-state index contributed by atoms with van der Waals surface area (Å²) in [5.74, 6) is 0.102. The highest BCUT2D eigenvalue weighted by Gasteiger charge is 2.09. The van der Waals surface area contributed by atoms with Crippen LogP contribution in [0.25, 0.3) is 0 Å². The van der Waals surface area contributed by atoms with Crippen molar-refractivity contribution in [2.75, 3.05) is 7.11 Å². The summed E-state index contributed by atoms with van der Waals surface area (Å²) in [6.45, 7) is 0. The Morgan fingerprint density at radius 3 is 2.75 bits per heavy atom. The van der Waals surface area contributed by atoms with Crippen LogP contribution in [0.3, 0.4) is 0 Å². The molecular formula is C15H14ClN3O5. The van der Waals surface area contributed by atoms with Crippen molar-refractivity contribution in [3.63, 3.8) is 0 Å². The lowest BCUT2D eigenvalue weighted by molar-refractivity contribution is -0.384. The minimum Gasteiger partial charge on any atom is -0.497 e. The summed E-state index contributed by atoms with van der Waals surface area (Å²) < 4.78 is 5.03. The lowest BCUT2D eigenvalue weighted by atomic mass is 10.2. The molecule has 0 bridgehead atoms. The van der Waals surface area contributed by atoms with Gasteiger partial charge in [-0.25, -0.2) is 5.43 Å². The number of rotatable bonds is 5. The monoisotopic (exact) mass is 351 g/mol. The number of hydrogen-bond acceptors (Lipinski definition) is 5. The van der Waals surface area contributed by atoms with Crippen LogP contribution in [0.1, 0.15) is 15.9 Å². The first kappa shape index (κ1) is 19.1. The second-order valence-electron chi connectivity index (χ2n) is 4.39. The molecule has 3 N–H and O–H groups in total. The number of non-ortho nitro benzene ring substituents is 1. The number of methoxy groups -OCH3 is 1. The Labute approximate surface area is 142 Å². The van der Waals surface area contributed by atoms with Gasteiger partial charge in [0.25, 0.3) is 11.6 Å². The SMILES string of the molecule is COc1cccc(C(=O)N/N=C/c2cc([N+](=O)[O-])ccc2Cl)c1.O. The van der Waals surface area contributed by atoms with E-state index >= 15 is 0 Å². The first-order chi connectivity index (χ1) is 11.0. The number of nitrogens with one attached hydrogen (secondary N) is 1. The zero-order valence-corrected chi connectivity index (χ0v) is 13.3. The average molecular weight is 352 g/mol. The maximum atomic E-state index is 11.9. The van der Waals surface area contributed by atoms with Gasteiger partial charge in [-0.15, -0.1) is 0 Å². The number of hydrazone groups is 1. The van der Waals surface area contributed by atoms with E-state index in [1.165, 1.54) is 31.5 Å². The van der Waals surface area contributed by atoms with E-state index in [1.807, 2.05) is 0 Å². The van der Waals surface area contributed by atoms with Crippen LogP contribution in [0, 0.1) is 10.1 Å². The van der Waals surface area contributed by atoms with Gasteiger partial charge in [-0.2, -0.15) is 5.10 Å². The van der Waals surface area contributed by atoms with Crippen molar-refractivity contribution in [3.8, 4) is 5.75 Å². The van der Waals surface area contributed by atoms with Gasteiger partial charge >= 0.3 is 0 Å². The van der Waals surface area contributed by atoms with Crippen LogP contribution in [0.5, 0.6) is 5.75 Å². The Balaban J connectivity index is 0.00000288. The highest BCUT2D eigenvalue weighted by Crippen LogP contribution is 2.20. The van der Waals surface area contributed by atoms with Crippen LogP contribution in [-0.2, 0) is 0 Å². The number of nitro groups is 1. The van der Waals surface area contributed by atoms with Gasteiger partial charge in [0.2, 0.25) is 0 Å². The van der Waals surface area contributed by atoms with E-state index in [2.05, 4.69) is 10.5 Å². The Morgan fingerprint density at radius 2 is 2.08 bits per heavy atom. The van der Waals surface area contributed by atoms with Crippen molar-refractivity contribution < 1.29 is 19.9 Å². The molecule has 0 heterocycles. The van der Waals surface area contributed by atoms with E-state index in [4.69, 9.17) is 16.3 Å². The second-order valence-corrected chi connectivity index (χ2v) is 4.80. The fourth-order valence-corrected chi connectivity index (χ4v) is 1.90. The van der Waals surface area contributed by atoms with Crippen molar-refractivity contribution >= 4 is 29.4 Å². The predicted molar refractivity (Wildman–Crippen MR) is 89.8 cm³/mol. The molecule has 0 saturated carbocycles. The second kappa shape index (κ2) is 8.61. The Hall–Kier alpha value is -2.97. The summed E-state index contributed by atoms with van der Waals surface area (Å²) >= 11 is 5.93. The minimum atomic E-state index is -0.539. The molecule has 0 aromatic heterocycles. The quantitative estimate of drug-likeness (QED) is 0.503. The van der Waals surface area contributed by atoms with Crippen molar-refractivity contribution in [2.24, 2.45) is 5.10 Å². The molecule has 2 rings (SSSR count). The normalized spacial score (nSPS) is 10.1. The van der Waals surface area contributed by atoms with Crippen LogP contribution in [-0.4, -0.2) is 29.6 Å². The first-order valence-electron chi connectivity index (χ1n) is 6.42. The molecule has 0 unspecified atom stereocenters. The van der Waals surface area contributed by atoms with Crippen LogP contribution in [0.2, 0.25) is 5.02 Å². The Bertz CT molecular complexity index is 779. The molecule has 2 aromatic rings. The fraction of sp³-hybridized carbons (Fsp3) is 0.0667. The summed E-state index contributed by atoms with van der Waals surface area (Å²) in [5.41, 5.74) is 2.90. The summed E-state index contributed by atoms with van der Waals surface area (Å²) in [5, 5.41) is 14.8. The molecule has 8 nitrogen and oxygen atoms in total. The number of hydrogen-bond donors (Lipinski definition) is 1. The zero-order chi connectivity index (χ0) is 16.8. The number of carbonyl (C=O) groups excluding carboxylic acids is 1.